The number of halogens is 1. The van der Waals surface area contributed by atoms with Gasteiger partial charge in [-0.3, -0.25) is 0 Å². The van der Waals surface area contributed by atoms with Crippen molar-refractivity contribution >= 4 is 17.3 Å². The summed E-state index contributed by atoms with van der Waals surface area (Å²) in [6, 6.07) is 7.64. The van der Waals surface area contributed by atoms with Crippen molar-refractivity contribution in [1.82, 2.24) is 0 Å². The maximum Gasteiger partial charge on any atom is 0.101 e. The molecular weight excluding hydrogens is 248 g/mol. The molecule has 3 nitrogen and oxygen atoms in total. The zero-order chi connectivity index (χ0) is 13.3. The molecule has 1 heterocycles. The van der Waals surface area contributed by atoms with Gasteiger partial charge in [0, 0.05) is 18.8 Å². The van der Waals surface area contributed by atoms with E-state index in [1.54, 1.807) is 6.07 Å². The van der Waals surface area contributed by atoms with Crippen molar-refractivity contribution in [3.63, 3.8) is 0 Å². The lowest BCUT2D eigenvalue weighted by Gasteiger charge is -2.43. The first kappa shape index (κ1) is 13.2. The van der Waals surface area contributed by atoms with Gasteiger partial charge in [-0.15, -0.1) is 0 Å². The number of rotatable bonds is 1. The van der Waals surface area contributed by atoms with Gasteiger partial charge in [-0.2, -0.15) is 5.26 Å². The zero-order valence-electron chi connectivity index (χ0n) is 10.9. The van der Waals surface area contributed by atoms with Crippen LogP contribution < -0.4 is 4.90 Å². The highest BCUT2D eigenvalue weighted by Crippen LogP contribution is 2.28. The topological polar surface area (TPSA) is 36.3 Å². The lowest BCUT2D eigenvalue weighted by molar-refractivity contribution is -0.0749. The van der Waals surface area contributed by atoms with E-state index in [-0.39, 0.29) is 11.7 Å². The molecule has 0 N–H and O–H groups in total. The molecule has 18 heavy (non-hydrogen) atoms. The van der Waals surface area contributed by atoms with Crippen molar-refractivity contribution in [2.45, 2.75) is 32.5 Å². The number of ether oxygens (including phenoxy) is 1. The minimum atomic E-state index is -0.169. The summed E-state index contributed by atoms with van der Waals surface area (Å²) in [5.41, 5.74) is 1.39. The monoisotopic (exact) mass is 264 g/mol. The van der Waals surface area contributed by atoms with E-state index in [1.165, 1.54) is 0 Å². The maximum absolute atomic E-state index is 8.88. The van der Waals surface area contributed by atoms with Crippen molar-refractivity contribution < 1.29 is 4.74 Å². The molecule has 1 unspecified atom stereocenters. The SMILES string of the molecule is CC1CN(c2ccc(C#N)c(Cl)c2)CC(C)(C)O1. The minimum Gasteiger partial charge on any atom is -0.369 e. The average molecular weight is 265 g/mol. The number of anilines is 1. The number of morpholine rings is 1. The first-order valence-electron chi connectivity index (χ1n) is 6.04. The molecule has 0 spiro atoms. The van der Waals surface area contributed by atoms with Gasteiger partial charge in [0.2, 0.25) is 0 Å². The Kier molecular flexibility index (Phi) is 3.52. The van der Waals surface area contributed by atoms with Crippen LogP contribution in [0.25, 0.3) is 0 Å². The van der Waals surface area contributed by atoms with E-state index in [1.807, 2.05) is 12.1 Å². The fourth-order valence-corrected chi connectivity index (χ4v) is 2.66. The van der Waals surface area contributed by atoms with Gasteiger partial charge >= 0.3 is 0 Å². The second-order valence-corrected chi connectivity index (χ2v) is 5.75. The second kappa shape index (κ2) is 4.79. The molecule has 0 aromatic heterocycles. The molecular formula is C14H17ClN2O. The van der Waals surface area contributed by atoms with Gasteiger partial charge in [0.1, 0.15) is 6.07 Å². The molecule has 0 amide bonds. The average Bonchev–Trinajstić information content (AvgIpc) is 2.26. The van der Waals surface area contributed by atoms with Crippen LogP contribution in [0.15, 0.2) is 18.2 Å². The Labute approximate surface area is 113 Å². The minimum absolute atomic E-state index is 0.169. The maximum atomic E-state index is 8.88. The number of benzene rings is 1. The summed E-state index contributed by atoms with van der Waals surface area (Å²) in [6.45, 7) is 7.90. The molecule has 1 aliphatic rings. The molecule has 0 saturated carbocycles. The predicted molar refractivity (Wildman–Crippen MR) is 73.0 cm³/mol. The van der Waals surface area contributed by atoms with Gasteiger partial charge in [0.25, 0.3) is 0 Å². The Morgan fingerprint density at radius 3 is 2.78 bits per heavy atom. The molecule has 1 atom stereocenters. The van der Waals surface area contributed by atoms with Crippen molar-refractivity contribution in [3.8, 4) is 6.07 Å². The third-order valence-electron chi connectivity index (χ3n) is 3.01. The summed E-state index contributed by atoms with van der Waals surface area (Å²) >= 11 is 6.08. The Morgan fingerprint density at radius 2 is 2.22 bits per heavy atom. The highest BCUT2D eigenvalue weighted by molar-refractivity contribution is 6.32. The Morgan fingerprint density at radius 1 is 1.50 bits per heavy atom. The standard InChI is InChI=1S/C14H17ClN2O/c1-10-8-17(9-14(2,3)18-10)12-5-4-11(7-16)13(15)6-12/h4-6,10H,8-9H2,1-3H3. The highest BCUT2D eigenvalue weighted by Gasteiger charge is 2.31. The number of nitriles is 1. The molecule has 1 saturated heterocycles. The number of nitrogens with zero attached hydrogens (tertiary/aromatic N) is 2. The van der Waals surface area contributed by atoms with Gasteiger partial charge in [0.05, 0.1) is 22.3 Å². The molecule has 0 bridgehead atoms. The van der Waals surface area contributed by atoms with Crippen LogP contribution in [-0.2, 0) is 4.74 Å². The first-order valence-corrected chi connectivity index (χ1v) is 6.41. The molecule has 0 radical (unpaired) electrons. The number of hydrogen-bond donors (Lipinski definition) is 0. The van der Waals surface area contributed by atoms with Gasteiger partial charge < -0.3 is 9.64 Å². The molecule has 1 aromatic rings. The van der Waals surface area contributed by atoms with E-state index < -0.39 is 0 Å². The van der Waals surface area contributed by atoms with Crippen LogP contribution in [0.4, 0.5) is 5.69 Å². The fraction of sp³-hybridized carbons (Fsp3) is 0.500. The Balaban J connectivity index is 2.26. The fourth-order valence-electron chi connectivity index (χ4n) is 2.44. The van der Waals surface area contributed by atoms with Gasteiger partial charge in [0.15, 0.2) is 0 Å². The van der Waals surface area contributed by atoms with Crippen LogP contribution in [0.5, 0.6) is 0 Å². The molecule has 4 heteroatoms. The van der Waals surface area contributed by atoms with E-state index in [9.17, 15) is 0 Å². The van der Waals surface area contributed by atoms with Crippen molar-refractivity contribution in [1.29, 1.82) is 5.26 Å². The summed E-state index contributed by atoms with van der Waals surface area (Å²) in [4.78, 5) is 2.25. The van der Waals surface area contributed by atoms with E-state index in [0.29, 0.717) is 10.6 Å². The second-order valence-electron chi connectivity index (χ2n) is 5.34. The summed E-state index contributed by atoms with van der Waals surface area (Å²) in [5.74, 6) is 0. The summed E-state index contributed by atoms with van der Waals surface area (Å²) in [7, 11) is 0. The van der Waals surface area contributed by atoms with E-state index in [4.69, 9.17) is 21.6 Å². The molecule has 1 fully saturated rings. The van der Waals surface area contributed by atoms with Crippen molar-refractivity contribution in [2.75, 3.05) is 18.0 Å². The van der Waals surface area contributed by atoms with E-state index in [0.717, 1.165) is 18.8 Å². The quantitative estimate of drug-likeness (QED) is 0.781. The van der Waals surface area contributed by atoms with Crippen LogP contribution >= 0.6 is 11.6 Å². The van der Waals surface area contributed by atoms with Crippen LogP contribution in [0.2, 0.25) is 5.02 Å². The van der Waals surface area contributed by atoms with Crippen LogP contribution in [0.3, 0.4) is 0 Å². The molecule has 1 aromatic carbocycles. The Bertz CT molecular complexity index is 493. The zero-order valence-corrected chi connectivity index (χ0v) is 11.7. The number of hydrogen-bond acceptors (Lipinski definition) is 3. The predicted octanol–water partition coefficient (Wildman–Crippen LogP) is 3.22. The van der Waals surface area contributed by atoms with E-state index >= 15 is 0 Å². The normalized spacial score (nSPS) is 22.6. The smallest absolute Gasteiger partial charge is 0.101 e. The third-order valence-corrected chi connectivity index (χ3v) is 3.32. The van der Waals surface area contributed by atoms with E-state index in [2.05, 4.69) is 31.7 Å². The first-order chi connectivity index (χ1) is 8.41. The lowest BCUT2D eigenvalue weighted by atomic mass is 10.0. The summed E-state index contributed by atoms with van der Waals surface area (Å²) in [5, 5.41) is 9.38. The van der Waals surface area contributed by atoms with Gasteiger partial charge in [-0.25, -0.2) is 0 Å². The lowest BCUT2D eigenvalue weighted by Crippen LogP contribution is -2.52. The van der Waals surface area contributed by atoms with Crippen LogP contribution in [0.1, 0.15) is 26.3 Å². The van der Waals surface area contributed by atoms with Gasteiger partial charge in [-0.05, 0) is 39.0 Å². The Hall–Kier alpha value is -1.24. The van der Waals surface area contributed by atoms with Crippen LogP contribution in [-0.4, -0.2) is 24.8 Å². The third kappa shape index (κ3) is 2.77. The van der Waals surface area contributed by atoms with Crippen molar-refractivity contribution in [2.24, 2.45) is 0 Å². The molecule has 1 aliphatic heterocycles. The van der Waals surface area contributed by atoms with Crippen molar-refractivity contribution in [3.05, 3.63) is 28.8 Å². The largest absolute Gasteiger partial charge is 0.369 e. The molecule has 96 valence electrons. The summed E-state index contributed by atoms with van der Waals surface area (Å²) in [6.07, 6.45) is 0.183. The summed E-state index contributed by atoms with van der Waals surface area (Å²) < 4.78 is 5.87. The molecule has 0 aliphatic carbocycles. The molecule has 2 rings (SSSR count). The van der Waals surface area contributed by atoms with Gasteiger partial charge in [-0.1, -0.05) is 11.6 Å². The highest BCUT2D eigenvalue weighted by atomic mass is 35.5. The van der Waals surface area contributed by atoms with Crippen LogP contribution in [0, 0.1) is 11.3 Å².